The third kappa shape index (κ3) is 4.21. The number of nitrogens with zero attached hydrogens (tertiary/aromatic N) is 1. The highest BCUT2D eigenvalue weighted by atomic mass is 32.1. The largest absolute Gasteiger partial charge is 0.468 e. The monoisotopic (exact) mass is 280 g/mol. The van der Waals surface area contributed by atoms with Crippen LogP contribution in [0.3, 0.4) is 0 Å². The summed E-state index contributed by atoms with van der Waals surface area (Å²) in [5.74, 6) is -0.246. The SMILES string of the molecule is CCCN(CC(=O)OC)c1ccc(C(N)=S)c(C)c1. The summed E-state index contributed by atoms with van der Waals surface area (Å²) >= 11 is 4.99. The molecule has 1 aromatic rings. The lowest BCUT2D eigenvalue weighted by molar-refractivity contribution is -0.138. The number of aryl methyl sites for hydroxylation is 1. The smallest absolute Gasteiger partial charge is 0.325 e. The van der Waals surface area contributed by atoms with Gasteiger partial charge in [0.2, 0.25) is 0 Å². The average Bonchev–Trinajstić information content (AvgIpc) is 2.37. The van der Waals surface area contributed by atoms with Crippen molar-refractivity contribution < 1.29 is 9.53 Å². The minimum absolute atomic E-state index is 0.246. The molecule has 0 saturated carbocycles. The van der Waals surface area contributed by atoms with E-state index in [4.69, 9.17) is 22.7 Å². The number of ether oxygens (including phenoxy) is 1. The fourth-order valence-corrected chi connectivity index (χ4v) is 2.14. The summed E-state index contributed by atoms with van der Waals surface area (Å²) in [6.07, 6.45) is 0.951. The fraction of sp³-hybridized carbons (Fsp3) is 0.429. The minimum atomic E-state index is -0.246. The van der Waals surface area contributed by atoms with Crippen LogP contribution in [-0.2, 0) is 9.53 Å². The molecule has 0 aliphatic rings. The molecule has 1 rings (SSSR count). The standard InChI is InChI=1S/C14H20N2O2S/c1-4-7-16(9-13(17)18-3)11-5-6-12(14(15)19)10(2)8-11/h5-6,8H,4,7,9H2,1-3H3,(H2,15,19). The van der Waals surface area contributed by atoms with Gasteiger partial charge in [-0.3, -0.25) is 4.79 Å². The second-order valence-corrected chi connectivity index (χ2v) is 4.80. The molecule has 104 valence electrons. The molecule has 0 amide bonds. The summed E-state index contributed by atoms with van der Waals surface area (Å²) in [6, 6.07) is 5.82. The van der Waals surface area contributed by atoms with Gasteiger partial charge in [0.1, 0.15) is 11.5 Å². The van der Waals surface area contributed by atoms with Crippen molar-refractivity contribution in [2.45, 2.75) is 20.3 Å². The third-order valence-corrected chi connectivity index (χ3v) is 3.10. The lowest BCUT2D eigenvalue weighted by atomic mass is 10.1. The number of esters is 1. The van der Waals surface area contributed by atoms with E-state index in [-0.39, 0.29) is 12.5 Å². The van der Waals surface area contributed by atoms with E-state index in [1.54, 1.807) is 0 Å². The maximum atomic E-state index is 11.4. The van der Waals surface area contributed by atoms with Crippen molar-refractivity contribution in [1.29, 1.82) is 0 Å². The van der Waals surface area contributed by atoms with Gasteiger partial charge in [0.05, 0.1) is 7.11 Å². The molecule has 0 saturated heterocycles. The van der Waals surface area contributed by atoms with Crippen LogP contribution in [0, 0.1) is 6.92 Å². The lowest BCUT2D eigenvalue weighted by Gasteiger charge is -2.23. The van der Waals surface area contributed by atoms with Crippen LogP contribution in [0.25, 0.3) is 0 Å². The van der Waals surface area contributed by atoms with E-state index in [9.17, 15) is 4.79 Å². The summed E-state index contributed by atoms with van der Waals surface area (Å²) in [7, 11) is 1.40. The number of anilines is 1. The van der Waals surface area contributed by atoms with Gasteiger partial charge in [-0.05, 0) is 37.1 Å². The zero-order valence-electron chi connectivity index (χ0n) is 11.6. The number of hydrogen-bond donors (Lipinski definition) is 1. The third-order valence-electron chi connectivity index (χ3n) is 2.88. The van der Waals surface area contributed by atoms with E-state index in [2.05, 4.69) is 6.92 Å². The van der Waals surface area contributed by atoms with E-state index in [1.165, 1.54) is 7.11 Å². The molecular weight excluding hydrogens is 260 g/mol. The molecule has 0 atom stereocenters. The summed E-state index contributed by atoms with van der Waals surface area (Å²) in [5.41, 5.74) is 8.50. The number of methoxy groups -OCH3 is 1. The Labute approximate surface area is 119 Å². The molecule has 19 heavy (non-hydrogen) atoms. The lowest BCUT2D eigenvalue weighted by Crippen LogP contribution is -2.31. The molecule has 0 spiro atoms. The van der Waals surface area contributed by atoms with Gasteiger partial charge in [-0.15, -0.1) is 0 Å². The second kappa shape index (κ2) is 7.09. The van der Waals surface area contributed by atoms with Crippen molar-refractivity contribution in [2.24, 2.45) is 5.73 Å². The summed E-state index contributed by atoms with van der Waals surface area (Å²) < 4.78 is 4.72. The van der Waals surface area contributed by atoms with Gasteiger partial charge in [-0.25, -0.2) is 0 Å². The molecule has 0 heterocycles. The Bertz CT molecular complexity index is 475. The number of thiocarbonyl (C=S) groups is 1. The molecule has 2 N–H and O–H groups in total. The molecule has 1 aromatic carbocycles. The average molecular weight is 280 g/mol. The van der Waals surface area contributed by atoms with Gasteiger partial charge in [0, 0.05) is 17.8 Å². The Morgan fingerprint density at radius 2 is 2.16 bits per heavy atom. The Morgan fingerprint density at radius 1 is 1.47 bits per heavy atom. The van der Waals surface area contributed by atoms with E-state index < -0.39 is 0 Å². The highest BCUT2D eigenvalue weighted by Crippen LogP contribution is 2.19. The van der Waals surface area contributed by atoms with E-state index in [0.29, 0.717) is 4.99 Å². The zero-order valence-corrected chi connectivity index (χ0v) is 12.4. The van der Waals surface area contributed by atoms with E-state index >= 15 is 0 Å². The molecule has 0 aliphatic carbocycles. The molecular formula is C14H20N2O2S. The van der Waals surface area contributed by atoms with Gasteiger partial charge < -0.3 is 15.4 Å². The summed E-state index contributed by atoms with van der Waals surface area (Å²) in [4.78, 5) is 13.8. The van der Waals surface area contributed by atoms with Gasteiger partial charge in [0.15, 0.2) is 0 Å². The predicted molar refractivity (Wildman–Crippen MR) is 81.6 cm³/mol. The minimum Gasteiger partial charge on any atom is -0.468 e. The van der Waals surface area contributed by atoms with Gasteiger partial charge in [-0.1, -0.05) is 19.1 Å². The van der Waals surface area contributed by atoms with Crippen LogP contribution in [0.5, 0.6) is 0 Å². The fourth-order valence-electron chi connectivity index (χ4n) is 1.91. The van der Waals surface area contributed by atoms with Crippen molar-refractivity contribution >= 4 is 28.9 Å². The summed E-state index contributed by atoms with van der Waals surface area (Å²) in [6.45, 7) is 5.07. The van der Waals surface area contributed by atoms with Crippen molar-refractivity contribution in [3.8, 4) is 0 Å². The number of hydrogen-bond acceptors (Lipinski definition) is 4. The molecule has 5 heteroatoms. The predicted octanol–water partition coefficient (Wildman–Crippen LogP) is 2.02. The number of benzene rings is 1. The first-order valence-corrected chi connectivity index (χ1v) is 6.62. The molecule has 4 nitrogen and oxygen atoms in total. The molecule has 0 bridgehead atoms. The van der Waals surface area contributed by atoms with Crippen LogP contribution in [0.15, 0.2) is 18.2 Å². The Balaban J connectivity index is 2.99. The first-order valence-electron chi connectivity index (χ1n) is 6.21. The highest BCUT2D eigenvalue weighted by Gasteiger charge is 2.12. The van der Waals surface area contributed by atoms with Crippen molar-refractivity contribution in [2.75, 3.05) is 25.1 Å². The van der Waals surface area contributed by atoms with Crippen molar-refractivity contribution in [1.82, 2.24) is 0 Å². The van der Waals surface area contributed by atoms with Gasteiger partial charge in [0.25, 0.3) is 0 Å². The van der Waals surface area contributed by atoms with Crippen LogP contribution < -0.4 is 10.6 Å². The number of rotatable bonds is 6. The van der Waals surface area contributed by atoms with Crippen molar-refractivity contribution in [3.05, 3.63) is 29.3 Å². The quantitative estimate of drug-likeness (QED) is 0.638. The Kier molecular flexibility index (Phi) is 5.76. The molecule has 0 radical (unpaired) electrons. The first-order chi connectivity index (χ1) is 8.99. The van der Waals surface area contributed by atoms with Gasteiger partial charge >= 0.3 is 5.97 Å². The van der Waals surface area contributed by atoms with Crippen LogP contribution in [0.1, 0.15) is 24.5 Å². The summed E-state index contributed by atoms with van der Waals surface area (Å²) in [5, 5.41) is 0. The zero-order chi connectivity index (χ0) is 14.4. The topological polar surface area (TPSA) is 55.6 Å². The maximum absolute atomic E-state index is 11.4. The van der Waals surface area contributed by atoms with Crippen LogP contribution in [0.2, 0.25) is 0 Å². The van der Waals surface area contributed by atoms with Crippen LogP contribution in [-0.4, -0.2) is 31.2 Å². The van der Waals surface area contributed by atoms with E-state index in [1.807, 2.05) is 30.0 Å². The first kappa shape index (κ1) is 15.4. The molecule has 0 fully saturated rings. The second-order valence-electron chi connectivity index (χ2n) is 4.36. The Morgan fingerprint density at radius 3 is 2.63 bits per heavy atom. The van der Waals surface area contributed by atoms with E-state index in [0.717, 1.165) is 29.8 Å². The van der Waals surface area contributed by atoms with Crippen molar-refractivity contribution in [3.63, 3.8) is 0 Å². The molecule has 0 aromatic heterocycles. The van der Waals surface area contributed by atoms with Crippen LogP contribution in [0.4, 0.5) is 5.69 Å². The Hall–Kier alpha value is -1.62. The molecule has 0 aliphatic heterocycles. The molecule has 0 unspecified atom stereocenters. The van der Waals surface area contributed by atoms with Gasteiger partial charge in [-0.2, -0.15) is 0 Å². The number of carbonyl (C=O) groups excluding carboxylic acids is 1. The van der Waals surface area contributed by atoms with Crippen LogP contribution >= 0.6 is 12.2 Å². The highest BCUT2D eigenvalue weighted by molar-refractivity contribution is 7.80. The maximum Gasteiger partial charge on any atom is 0.325 e. The number of carbonyl (C=O) groups is 1. The normalized spacial score (nSPS) is 10.1. The number of nitrogens with two attached hydrogens (primary N) is 1.